The van der Waals surface area contributed by atoms with Crippen LogP contribution in [0.5, 0.6) is 11.5 Å². The Morgan fingerprint density at radius 2 is 2.00 bits per heavy atom. The summed E-state index contributed by atoms with van der Waals surface area (Å²) >= 11 is 0.989. The summed E-state index contributed by atoms with van der Waals surface area (Å²) < 4.78 is 10.4. The first kappa shape index (κ1) is 11.8. The molecule has 1 heterocycles. The van der Waals surface area contributed by atoms with E-state index in [0.29, 0.717) is 28.2 Å². The number of hydrogen-bond acceptors (Lipinski definition) is 5. The normalized spacial score (nSPS) is 12.4. The molecule has 17 heavy (non-hydrogen) atoms. The first-order valence-corrected chi connectivity index (χ1v) is 5.71. The maximum atomic E-state index is 11.6. The van der Waals surface area contributed by atoms with E-state index in [1.165, 1.54) is 4.90 Å². The minimum atomic E-state index is -0.146. The number of carbonyl (C=O) groups excluding carboxylic acids is 2. The van der Waals surface area contributed by atoms with Crippen molar-refractivity contribution in [1.82, 2.24) is 4.90 Å². The molecule has 0 saturated heterocycles. The second-order valence-corrected chi connectivity index (χ2v) is 4.62. The minimum Gasteiger partial charge on any atom is -0.454 e. The summed E-state index contributed by atoms with van der Waals surface area (Å²) in [7, 11) is 3.31. The zero-order chi connectivity index (χ0) is 12.4. The highest BCUT2D eigenvalue weighted by Gasteiger charge is 2.19. The molecule has 2 rings (SSSR count). The number of ether oxygens (including phenoxy) is 2. The van der Waals surface area contributed by atoms with Crippen molar-refractivity contribution < 1.29 is 19.1 Å². The van der Waals surface area contributed by atoms with Gasteiger partial charge in [-0.2, -0.15) is 0 Å². The first-order valence-electron chi connectivity index (χ1n) is 4.90. The Hall–Kier alpha value is -1.69. The zero-order valence-corrected chi connectivity index (χ0v) is 10.2. The van der Waals surface area contributed by atoms with Crippen LogP contribution in [0.3, 0.4) is 0 Å². The highest BCUT2D eigenvalue weighted by Crippen LogP contribution is 2.38. The molecule has 0 N–H and O–H groups in total. The average Bonchev–Trinajstić information content (AvgIpc) is 2.74. The Morgan fingerprint density at radius 3 is 2.59 bits per heavy atom. The maximum absolute atomic E-state index is 11.6. The molecule has 5 nitrogen and oxygen atoms in total. The fourth-order valence-corrected chi connectivity index (χ4v) is 2.07. The SMILES string of the molecule is CN(C)C(=O)Sc1cc2c(cc1C=O)OCO2. The Morgan fingerprint density at radius 1 is 1.35 bits per heavy atom. The lowest BCUT2D eigenvalue weighted by molar-refractivity contribution is 0.112. The lowest BCUT2D eigenvalue weighted by atomic mass is 10.2. The molecule has 1 aliphatic heterocycles. The number of fused-ring (bicyclic) bond motifs is 1. The van der Waals surface area contributed by atoms with Crippen LogP contribution < -0.4 is 9.47 Å². The molecule has 1 aromatic carbocycles. The number of nitrogens with zero attached hydrogens (tertiary/aromatic N) is 1. The molecule has 0 atom stereocenters. The average molecular weight is 253 g/mol. The van der Waals surface area contributed by atoms with E-state index in [9.17, 15) is 9.59 Å². The highest BCUT2D eigenvalue weighted by molar-refractivity contribution is 8.13. The van der Waals surface area contributed by atoms with Gasteiger partial charge in [-0.1, -0.05) is 0 Å². The Labute approximate surface area is 103 Å². The van der Waals surface area contributed by atoms with E-state index >= 15 is 0 Å². The number of amides is 1. The van der Waals surface area contributed by atoms with Gasteiger partial charge in [0.15, 0.2) is 17.8 Å². The molecule has 0 aliphatic carbocycles. The third kappa shape index (κ3) is 2.36. The van der Waals surface area contributed by atoms with Crippen molar-refractivity contribution in [2.45, 2.75) is 4.90 Å². The van der Waals surface area contributed by atoms with Crippen LogP contribution in [0.25, 0.3) is 0 Å². The molecule has 1 aromatic rings. The molecule has 0 unspecified atom stereocenters. The Bertz CT molecular complexity index is 473. The predicted molar refractivity (Wildman–Crippen MR) is 62.9 cm³/mol. The second kappa shape index (κ2) is 4.67. The van der Waals surface area contributed by atoms with Gasteiger partial charge in [0, 0.05) is 24.6 Å². The third-order valence-corrected chi connectivity index (χ3v) is 3.31. The van der Waals surface area contributed by atoms with E-state index in [1.54, 1.807) is 26.2 Å². The van der Waals surface area contributed by atoms with Gasteiger partial charge in [0.05, 0.1) is 0 Å². The Balaban J connectivity index is 2.33. The van der Waals surface area contributed by atoms with Crippen LogP contribution in [0.1, 0.15) is 10.4 Å². The van der Waals surface area contributed by atoms with Gasteiger partial charge in [-0.3, -0.25) is 9.59 Å². The van der Waals surface area contributed by atoms with Crippen molar-refractivity contribution in [2.24, 2.45) is 0 Å². The van der Waals surface area contributed by atoms with Crippen molar-refractivity contribution in [3.63, 3.8) is 0 Å². The number of benzene rings is 1. The number of hydrogen-bond donors (Lipinski definition) is 0. The van der Waals surface area contributed by atoms with Crippen LogP contribution in [-0.4, -0.2) is 37.3 Å². The largest absolute Gasteiger partial charge is 0.454 e. The highest BCUT2D eigenvalue weighted by atomic mass is 32.2. The van der Waals surface area contributed by atoms with Crippen LogP contribution in [0.15, 0.2) is 17.0 Å². The van der Waals surface area contributed by atoms with Crippen molar-refractivity contribution in [3.8, 4) is 11.5 Å². The van der Waals surface area contributed by atoms with Gasteiger partial charge in [0.2, 0.25) is 6.79 Å². The smallest absolute Gasteiger partial charge is 0.285 e. The van der Waals surface area contributed by atoms with Gasteiger partial charge < -0.3 is 14.4 Å². The monoisotopic (exact) mass is 253 g/mol. The number of carbonyl (C=O) groups is 2. The number of aldehydes is 1. The topological polar surface area (TPSA) is 55.8 Å². The fraction of sp³-hybridized carbons (Fsp3) is 0.273. The van der Waals surface area contributed by atoms with Gasteiger partial charge in [-0.05, 0) is 23.9 Å². The van der Waals surface area contributed by atoms with E-state index in [-0.39, 0.29) is 12.0 Å². The van der Waals surface area contributed by atoms with Crippen molar-refractivity contribution in [2.75, 3.05) is 20.9 Å². The Kier molecular flexibility index (Phi) is 3.23. The molecule has 1 aliphatic rings. The molecule has 0 aromatic heterocycles. The number of rotatable bonds is 2. The predicted octanol–water partition coefficient (Wildman–Crippen LogP) is 2.00. The van der Waals surface area contributed by atoms with Crippen LogP contribution in [0, 0.1) is 0 Å². The van der Waals surface area contributed by atoms with E-state index in [1.807, 2.05) is 0 Å². The molecule has 0 bridgehead atoms. The van der Waals surface area contributed by atoms with Gasteiger partial charge in [-0.25, -0.2) is 0 Å². The lowest BCUT2D eigenvalue weighted by Crippen LogP contribution is -2.16. The molecule has 0 spiro atoms. The fourth-order valence-electron chi connectivity index (χ4n) is 1.30. The van der Waals surface area contributed by atoms with Crippen molar-refractivity contribution >= 4 is 23.3 Å². The second-order valence-electron chi connectivity index (χ2n) is 3.62. The number of thioether (sulfide) groups is 1. The first-order chi connectivity index (χ1) is 8.11. The third-order valence-electron chi connectivity index (χ3n) is 2.19. The summed E-state index contributed by atoms with van der Waals surface area (Å²) in [6.07, 6.45) is 0.702. The summed E-state index contributed by atoms with van der Waals surface area (Å²) in [4.78, 5) is 24.5. The van der Waals surface area contributed by atoms with Crippen molar-refractivity contribution in [1.29, 1.82) is 0 Å². The van der Waals surface area contributed by atoms with Gasteiger partial charge in [0.1, 0.15) is 0 Å². The molecular formula is C11H11NO4S. The van der Waals surface area contributed by atoms with E-state index in [0.717, 1.165) is 11.8 Å². The van der Waals surface area contributed by atoms with Crippen molar-refractivity contribution in [3.05, 3.63) is 17.7 Å². The van der Waals surface area contributed by atoms with Gasteiger partial charge in [-0.15, -0.1) is 0 Å². The standard InChI is InChI=1S/C11H11NO4S/c1-12(2)11(14)17-10-4-9-8(15-6-16-9)3-7(10)5-13/h3-5H,6H2,1-2H3. The van der Waals surface area contributed by atoms with E-state index in [4.69, 9.17) is 9.47 Å². The van der Waals surface area contributed by atoms with Crippen LogP contribution >= 0.6 is 11.8 Å². The van der Waals surface area contributed by atoms with Crippen LogP contribution in [0.2, 0.25) is 0 Å². The molecule has 0 saturated carbocycles. The summed E-state index contributed by atoms with van der Waals surface area (Å²) in [5.74, 6) is 1.10. The minimum absolute atomic E-state index is 0.142. The summed E-state index contributed by atoms with van der Waals surface area (Å²) in [6.45, 7) is 0.142. The lowest BCUT2D eigenvalue weighted by Gasteiger charge is -2.10. The quantitative estimate of drug-likeness (QED) is 0.596. The van der Waals surface area contributed by atoms with Gasteiger partial charge in [0.25, 0.3) is 5.24 Å². The summed E-state index contributed by atoms with van der Waals surface area (Å²) in [5, 5.41) is -0.146. The molecule has 0 radical (unpaired) electrons. The molecular weight excluding hydrogens is 242 g/mol. The van der Waals surface area contributed by atoms with Crippen LogP contribution in [0.4, 0.5) is 4.79 Å². The van der Waals surface area contributed by atoms with E-state index in [2.05, 4.69) is 0 Å². The summed E-state index contributed by atoms with van der Waals surface area (Å²) in [6, 6.07) is 3.23. The van der Waals surface area contributed by atoms with E-state index < -0.39 is 0 Å². The molecule has 90 valence electrons. The summed E-state index contributed by atoms with van der Waals surface area (Å²) in [5.41, 5.74) is 0.425. The zero-order valence-electron chi connectivity index (χ0n) is 9.43. The molecule has 0 fully saturated rings. The molecule has 6 heteroatoms. The van der Waals surface area contributed by atoms with Gasteiger partial charge >= 0.3 is 0 Å². The van der Waals surface area contributed by atoms with Crippen LogP contribution in [-0.2, 0) is 0 Å². The molecule has 1 amide bonds. The maximum Gasteiger partial charge on any atom is 0.285 e.